The number of carbonyl (C=O) groups is 1. The van der Waals surface area contributed by atoms with E-state index in [2.05, 4.69) is 10.2 Å². The fraction of sp³-hybridized carbons (Fsp3) is 0.412. The Bertz CT molecular complexity index is 663. The largest absolute Gasteiger partial charge is 0.381 e. The van der Waals surface area contributed by atoms with Crippen molar-refractivity contribution in [1.82, 2.24) is 15.1 Å². The third-order valence-corrected chi connectivity index (χ3v) is 4.43. The van der Waals surface area contributed by atoms with Crippen LogP contribution in [0.5, 0.6) is 0 Å². The average Bonchev–Trinajstić information content (AvgIpc) is 3.24. The van der Waals surface area contributed by atoms with Crippen LogP contribution in [-0.2, 0) is 4.74 Å². The second-order valence-corrected chi connectivity index (χ2v) is 6.18. The lowest BCUT2D eigenvalue weighted by atomic mass is 10.1. The number of nitrogens with one attached hydrogen (secondary N) is 1. The van der Waals surface area contributed by atoms with E-state index in [9.17, 15) is 4.79 Å². The van der Waals surface area contributed by atoms with Gasteiger partial charge in [0.25, 0.3) is 5.91 Å². The molecular weight excluding hydrogens is 314 g/mol. The highest BCUT2D eigenvalue weighted by molar-refractivity contribution is 6.30. The molecule has 0 aliphatic carbocycles. The number of amides is 1. The molecule has 3 rings (SSSR count). The Labute approximate surface area is 140 Å². The molecule has 23 heavy (non-hydrogen) atoms. The second-order valence-electron chi connectivity index (χ2n) is 5.74. The Morgan fingerprint density at radius 3 is 2.87 bits per heavy atom. The molecule has 0 bridgehead atoms. The Hall–Kier alpha value is -1.85. The van der Waals surface area contributed by atoms with Gasteiger partial charge in [0.15, 0.2) is 0 Å². The summed E-state index contributed by atoms with van der Waals surface area (Å²) in [5, 5.41) is 7.65. The van der Waals surface area contributed by atoms with Crippen LogP contribution in [0.25, 0.3) is 11.3 Å². The van der Waals surface area contributed by atoms with Crippen molar-refractivity contribution >= 4 is 17.5 Å². The van der Waals surface area contributed by atoms with Crippen LogP contribution in [0.4, 0.5) is 0 Å². The first-order valence-electron chi connectivity index (χ1n) is 7.85. The van der Waals surface area contributed by atoms with E-state index < -0.39 is 0 Å². The highest BCUT2D eigenvalue weighted by Crippen LogP contribution is 2.24. The van der Waals surface area contributed by atoms with Crippen molar-refractivity contribution in [3.05, 3.63) is 41.0 Å². The van der Waals surface area contributed by atoms with Crippen LogP contribution >= 0.6 is 11.6 Å². The monoisotopic (exact) mass is 333 g/mol. The lowest BCUT2D eigenvalue weighted by molar-refractivity contribution is 0.0731. The predicted octanol–water partition coefficient (Wildman–Crippen LogP) is 3.23. The van der Waals surface area contributed by atoms with Gasteiger partial charge in [-0.25, -0.2) is 0 Å². The molecule has 1 fully saturated rings. The van der Waals surface area contributed by atoms with E-state index in [1.807, 2.05) is 24.0 Å². The highest BCUT2D eigenvalue weighted by atomic mass is 35.5. The smallest absolute Gasteiger partial charge is 0.257 e. The van der Waals surface area contributed by atoms with E-state index >= 15 is 0 Å². The number of aromatic amines is 1. The molecule has 5 nitrogen and oxygen atoms in total. The molecule has 1 N–H and O–H groups in total. The second kappa shape index (κ2) is 7.15. The normalized spacial score (nSPS) is 17.4. The number of halogens is 1. The standard InChI is InChI=1S/C17H20ClN3O2/c1-2-21(10-12-7-8-23-11-12)17(22)15-9-19-20-16(15)13-3-5-14(18)6-4-13/h3-6,9,12H,2,7-8,10-11H2,1H3,(H,19,20)/t12-/m1/s1. The Kier molecular flexibility index (Phi) is 4.98. The summed E-state index contributed by atoms with van der Waals surface area (Å²) in [7, 11) is 0. The SMILES string of the molecule is CCN(C[C@H]1CCOC1)C(=O)c1cn[nH]c1-c1ccc(Cl)cc1. The first-order chi connectivity index (χ1) is 11.2. The minimum absolute atomic E-state index is 0.00176. The van der Waals surface area contributed by atoms with Gasteiger partial charge in [-0.2, -0.15) is 5.10 Å². The van der Waals surface area contributed by atoms with Crippen molar-refractivity contribution in [2.24, 2.45) is 5.92 Å². The zero-order chi connectivity index (χ0) is 16.2. The number of aromatic nitrogens is 2. The lowest BCUT2D eigenvalue weighted by Gasteiger charge is -2.23. The summed E-state index contributed by atoms with van der Waals surface area (Å²) >= 11 is 5.93. The summed E-state index contributed by atoms with van der Waals surface area (Å²) in [6.45, 7) is 4.91. The van der Waals surface area contributed by atoms with Crippen molar-refractivity contribution in [3.8, 4) is 11.3 Å². The van der Waals surface area contributed by atoms with Crippen molar-refractivity contribution < 1.29 is 9.53 Å². The molecule has 1 saturated heterocycles. The number of H-pyrrole nitrogens is 1. The van der Waals surface area contributed by atoms with Crippen LogP contribution in [0.15, 0.2) is 30.5 Å². The van der Waals surface area contributed by atoms with Crippen LogP contribution in [0, 0.1) is 5.92 Å². The number of hydrogen-bond donors (Lipinski definition) is 1. The topological polar surface area (TPSA) is 58.2 Å². The van der Waals surface area contributed by atoms with Crippen LogP contribution in [0.2, 0.25) is 5.02 Å². The number of hydrogen-bond acceptors (Lipinski definition) is 3. The van der Waals surface area contributed by atoms with E-state index in [0.717, 1.165) is 37.4 Å². The fourth-order valence-electron chi connectivity index (χ4n) is 2.85. The van der Waals surface area contributed by atoms with Crippen molar-refractivity contribution in [2.75, 3.05) is 26.3 Å². The minimum Gasteiger partial charge on any atom is -0.381 e. The summed E-state index contributed by atoms with van der Waals surface area (Å²) in [6, 6.07) is 7.38. The number of benzene rings is 1. The zero-order valence-electron chi connectivity index (χ0n) is 13.1. The minimum atomic E-state index is -0.00176. The van der Waals surface area contributed by atoms with Gasteiger partial charge in [-0.3, -0.25) is 9.89 Å². The molecule has 1 atom stereocenters. The van der Waals surface area contributed by atoms with Gasteiger partial charge in [0.2, 0.25) is 0 Å². The molecule has 0 spiro atoms. The van der Waals surface area contributed by atoms with Crippen LogP contribution in [0.1, 0.15) is 23.7 Å². The van der Waals surface area contributed by atoms with Gasteiger partial charge in [0.05, 0.1) is 24.1 Å². The third-order valence-electron chi connectivity index (χ3n) is 4.17. The van der Waals surface area contributed by atoms with Gasteiger partial charge >= 0.3 is 0 Å². The maximum absolute atomic E-state index is 12.9. The van der Waals surface area contributed by atoms with E-state index in [1.54, 1.807) is 18.3 Å². The van der Waals surface area contributed by atoms with Gasteiger partial charge in [0, 0.05) is 36.2 Å². The average molecular weight is 334 g/mol. The van der Waals surface area contributed by atoms with E-state index in [1.165, 1.54) is 0 Å². The molecule has 0 radical (unpaired) electrons. The highest BCUT2D eigenvalue weighted by Gasteiger charge is 2.25. The number of carbonyl (C=O) groups excluding carboxylic acids is 1. The lowest BCUT2D eigenvalue weighted by Crippen LogP contribution is -2.35. The van der Waals surface area contributed by atoms with E-state index in [4.69, 9.17) is 16.3 Å². The Balaban J connectivity index is 1.81. The third kappa shape index (κ3) is 3.57. The molecule has 2 aromatic rings. The molecule has 122 valence electrons. The van der Waals surface area contributed by atoms with Gasteiger partial charge in [-0.05, 0) is 25.5 Å². The number of ether oxygens (including phenoxy) is 1. The zero-order valence-corrected chi connectivity index (χ0v) is 13.8. The summed E-state index contributed by atoms with van der Waals surface area (Å²) < 4.78 is 5.41. The van der Waals surface area contributed by atoms with Crippen molar-refractivity contribution in [3.63, 3.8) is 0 Å². The molecule has 1 aliphatic rings. The molecule has 0 unspecified atom stereocenters. The Morgan fingerprint density at radius 1 is 1.43 bits per heavy atom. The number of rotatable bonds is 5. The maximum Gasteiger partial charge on any atom is 0.257 e. The van der Waals surface area contributed by atoms with Gasteiger partial charge in [-0.15, -0.1) is 0 Å². The molecule has 0 saturated carbocycles. The van der Waals surface area contributed by atoms with Crippen LogP contribution < -0.4 is 0 Å². The van der Waals surface area contributed by atoms with E-state index in [-0.39, 0.29) is 5.91 Å². The van der Waals surface area contributed by atoms with Gasteiger partial charge < -0.3 is 9.64 Å². The first-order valence-corrected chi connectivity index (χ1v) is 8.23. The molecule has 1 aromatic heterocycles. The fourth-order valence-corrected chi connectivity index (χ4v) is 2.98. The van der Waals surface area contributed by atoms with Crippen molar-refractivity contribution in [1.29, 1.82) is 0 Å². The first kappa shape index (κ1) is 16.0. The maximum atomic E-state index is 12.9. The van der Waals surface area contributed by atoms with Crippen LogP contribution in [0.3, 0.4) is 0 Å². The quantitative estimate of drug-likeness (QED) is 0.914. The molecule has 1 amide bonds. The summed E-state index contributed by atoms with van der Waals surface area (Å²) in [4.78, 5) is 14.7. The summed E-state index contributed by atoms with van der Waals surface area (Å²) in [6.07, 6.45) is 2.61. The molecule has 1 aliphatic heterocycles. The predicted molar refractivity (Wildman–Crippen MR) is 89.5 cm³/mol. The van der Waals surface area contributed by atoms with E-state index in [0.29, 0.717) is 23.0 Å². The van der Waals surface area contributed by atoms with Crippen LogP contribution in [-0.4, -0.2) is 47.3 Å². The molecule has 2 heterocycles. The summed E-state index contributed by atoms with van der Waals surface area (Å²) in [5.74, 6) is 0.419. The van der Waals surface area contributed by atoms with Crippen molar-refractivity contribution in [2.45, 2.75) is 13.3 Å². The summed E-state index contributed by atoms with van der Waals surface area (Å²) in [5.41, 5.74) is 2.22. The molecule has 6 heteroatoms. The number of nitrogens with zero attached hydrogens (tertiary/aromatic N) is 2. The van der Waals surface area contributed by atoms with Gasteiger partial charge in [-0.1, -0.05) is 23.7 Å². The van der Waals surface area contributed by atoms with Gasteiger partial charge in [0.1, 0.15) is 0 Å². The molecule has 1 aromatic carbocycles. The Morgan fingerprint density at radius 2 is 2.22 bits per heavy atom. The molecular formula is C17H20ClN3O2.